The Morgan fingerprint density at radius 2 is 2.00 bits per heavy atom. The van der Waals surface area contributed by atoms with Gasteiger partial charge in [0.15, 0.2) is 5.54 Å². The number of aryl methyl sites for hydroxylation is 1. The van der Waals surface area contributed by atoms with E-state index in [4.69, 9.17) is 4.42 Å². The minimum Gasteiger partial charge on any atom is -0.466 e. The monoisotopic (exact) mass is 414 g/mol. The first-order chi connectivity index (χ1) is 13.8. The van der Waals surface area contributed by atoms with E-state index in [2.05, 4.69) is 15.7 Å². The first-order valence-corrected chi connectivity index (χ1v) is 9.36. The summed E-state index contributed by atoms with van der Waals surface area (Å²) in [6.07, 6.45) is 1.39. The van der Waals surface area contributed by atoms with Crippen LogP contribution in [0.1, 0.15) is 28.0 Å². The molecule has 0 spiro atoms. The van der Waals surface area contributed by atoms with Crippen molar-refractivity contribution in [1.29, 1.82) is 0 Å². The maximum absolute atomic E-state index is 13.1. The van der Waals surface area contributed by atoms with Gasteiger partial charge in [-0.3, -0.25) is 15.0 Å². The highest BCUT2D eigenvalue weighted by atomic mass is 32.1. The van der Waals surface area contributed by atoms with E-state index in [-0.39, 0.29) is 16.5 Å². The molecule has 4 rings (SSSR count). The van der Waals surface area contributed by atoms with Gasteiger partial charge in [-0.15, -0.1) is 11.3 Å². The summed E-state index contributed by atoms with van der Waals surface area (Å²) >= 11 is 1.08. The van der Waals surface area contributed by atoms with Crippen LogP contribution in [0.2, 0.25) is 0 Å². The molecule has 0 radical (unpaired) electrons. The molecule has 1 atom stereocenters. The largest absolute Gasteiger partial charge is 0.466 e. The molecule has 1 aromatic carbocycles. The number of carbonyl (C=O) groups excluding carboxylic acids is 3. The Bertz CT molecular complexity index is 1110. The molecule has 2 aromatic heterocycles. The lowest BCUT2D eigenvalue weighted by Gasteiger charge is -2.18. The number of rotatable bonds is 4. The van der Waals surface area contributed by atoms with E-state index in [9.17, 15) is 18.8 Å². The zero-order valence-electron chi connectivity index (χ0n) is 15.4. The van der Waals surface area contributed by atoms with Gasteiger partial charge in [0.2, 0.25) is 0 Å². The summed E-state index contributed by atoms with van der Waals surface area (Å²) in [5, 5.41) is 3.67. The van der Waals surface area contributed by atoms with Crippen LogP contribution in [0, 0.1) is 12.7 Å². The van der Waals surface area contributed by atoms with Crippen LogP contribution in [0.3, 0.4) is 0 Å². The fourth-order valence-corrected chi connectivity index (χ4v) is 3.91. The zero-order valence-corrected chi connectivity index (χ0v) is 16.2. The Balaban J connectivity index is 1.56. The second-order valence-electron chi connectivity index (χ2n) is 6.55. The van der Waals surface area contributed by atoms with E-state index in [0.717, 1.165) is 11.3 Å². The van der Waals surface area contributed by atoms with Crippen LogP contribution in [-0.4, -0.2) is 27.8 Å². The highest BCUT2D eigenvalue weighted by molar-refractivity contribution is 7.17. The van der Waals surface area contributed by atoms with Crippen molar-refractivity contribution in [3.8, 4) is 10.6 Å². The maximum atomic E-state index is 13.1. The number of hydrogen-bond acceptors (Lipinski definition) is 6. The number of amides is 4. The minimum absolute atomic E-state index is 0.233. The second-order valence-corrected chi connectivity index (χ2v) is 7.55. The third-order valence-electron chi connectivity index (χ3n) is 4.51. The van der Waals surface area contributed by atoms with Crippen molar-refractivity contribution < 1.29 is 23.2 Å². The number of imide groups is 1. The number of urea groups is 1. The Labute approximate surface area is 168 Å². The van der Waals surface area contributed by atoms with Crippen molar-refractivity contribution >= 4 is 29.2 Å². The van der Waals surface area contributed by atoms with Gasteiger partial charge in [0.1, 0.15) is 21.5 Å². The molecule has 4 amide bonds. The maximum Gasteiger partial charge on any atom is 0.344 e. The van der Waals surface area contributed by atoms with Gasteiger partial charge < -0.3 is 9.73 Å². The predicted molar refractivity (Wildman–Crippen MR) is 101 cm³/mol. The zero-order chi connectivity index (χ0) is 20.8. The molecule has 0 aliphatic carbocycles. The first kappa shape index (κ1) is 18.8. The first-order valence-electron chi connectivity index (χ1n) is 8.54. The molecule has 2 N–H and O–H groups in total. The molecule has 10 heteroatoms. The summed E-state index contributed by atoms with van der Waals surface area (Å²) in [5.41, 5.74) is 1.98. The Morgan fingerprint density at radius 3 is 2.66 bits per heavy atom. The lowest BCUT2D eigenvalue weighted by Crippen LogP contribution is -2.47. The SMILES string of the molecule is Cc1nc(-c2ccc(F)cc2)sc1C(=O)NN1C(=O)N[C@@](C)(c2ccco2)C1=O. The quantitative estimate of drug-likeness (QED) is 0.639. The number of furan rings is 1. The summed E-state index contributed by atoms with van der Waals surface area (Å²) in [5.74, 6) is -1.45. The third kappa shape index (κ3) is 3.17. The highest BCUT2D eigenvalue weighted by Gasteiger charge is 2.52. The summed E-state index contributed by atoms with van der Waals surface area (Å²) in [4.78, 5) is 42.3. The Hall–Kier alpha value is -3.53. The number of carbonyl (C=O) groups is 3. The number of benzene rings is 1. The van der Waals surface area contributed by atoms with Gasteiger partial charge in [-0.25, -0.2) is 14.2 Å². The molecule has 1 aliphatic rings. The van der Waals surface area contributed by atoms with Gasteiger partial charge in [-0.1, -0.05) is 0 Å². The molecule has 8 nitrogen and oxygen atoms in total. The number of nitrogens with zero attached hydrogens (tertiary/aromatic N) is 2. The molecule has 29 heavy (non-hydrogen) atoms. The number of aromatic nitrogens is 1. The fourth-order valence-electron chi connectivity index (χ4n) is 2.95. The van der Waals surface area contributed by atoms with Crippen LogP contribution in [0.25, 0.3) is 10.6 Å². The van der Waals surface area contributed by atoms with Crippen LogP contribution in [0.4, 0.5) is 9.18 Å². The number of thiazole rings is 1. The summed E-state index contributed by atoms with van der Waals surface area (Å²) in [6.45, 7) is 3.13. The summed E-state index contributed by atoms with van der Waals surface area (Å²) in [7, 11) is 0. The molecule has 0 unspecified atom stereocenters. The number of halogens is 1. The Morgan fingerprint density at radius 1 is 1.28 bits per heavy atom. The molecule has 1 fully saturated rings. The van der Waals surface area contributed by atoms with Gasteiger partial charge in [0.25, 0.3) is 11.8 Å². The van der Waals surface area contributed by atoms with Crippen molar-refractivity contribution in [1.82, 2.24) is 20.7 Å². The molecule has 3 heterocycles. The molecule has 1 saturated heterocycles. The molecular formula is C19H15FN4O4S. The van der Waals surface area contributed by atoms with Crippen molar-refractivity contribution in [3.63, 3.8) is 0 Å². The standard InChI is InChI=1S/C19H15FN4O4S/c1-10-14(29-16(21-10)11-5-7-12(20)8-6-11)15(25)23-24-17(26)19(2,22-18(24)27)13-4-3-9-28-13/h3-9H,1-2H3,(H,22,27)(H,23,25)/t19-/m0/s1. The molecule has 0 saturated carbocycles. The van der Waals surface area contributed by atoms with Crippen molar-refractivity contribution in [2.24, 2.45) is 0 Å². The average Bonchev–Trinajstić information content (AvgIpc) is 3.39. The lowest BCUT2D eigenvalue weighted by molar-refractivity contribution is -0.133. The number of hydrogen-bond donors (Lipinski definition) is 2. The van der Waals surface area contributed by atoms with Crippen molar-refractivity contribution in [2.45, 2.75) is 19.4 Å². The van der Waals surface area contributed by atoms with Gasteiger partial charge in [0.05, 0.1) is 12.0 Å². The van der Waals surface area contributed by atoms with Crippen LogP contribution >= 0.6 is 11.3 Å². The lowest BCUT2D eigenvalue weighted by atomic mass is 10.00. The number of nitrogens with one attached hydrogen (secondary N) is 2. The molecule has 148 valence electrons. The van der Waals surface area contributed by atoms with Gasteiger partial charge >= 0.3 is 6.03 Å². The van der Waals surface area contributed by atoms with E-state index >= 15 is 0 Å². The summed E-state index contributed by atoms with van der Waals surface area (Å²) in [6, 6.07) is 8.10. The van der Waals surface area contributed by atoms with E-state index < -0.39 is 23.4 Å². The highest BCUT2D eigenvalue weighted by Crippen LogP contribution is 2.30. The number of hydrazine groups is 1. The minimum atomic E-state index is -1.42. The van der Waals surface area contributed by atoms with E-state index in [0.29, 0.717) is 21.3 Å². The average molecular weight is 414 g/mol. The van der Waals surface area contributed by atoms with Crippen molar-refractivity contribution in [2.75, 3.05) is 0 Å². The summed E-state index contributed by atoms with van der Waals surface area (Å²) < 4.78 is 18.4. The topological polar surface area (TPSA) is 105 Å². The van der Waals surface area contributed by atoms with Gasteiger partial charge in [0, 0.05) is 5.56 Å². The van der Waals surface area contributed by atoms with E-state index in [1.807, 2.05) is 0 Å². The van der Waals surface area contributed by atoms with E-state index in [1.165, 1.54) is 25.3 Å². The normalized spacial score (nSPS) is 18.8. The Kier molecular flexibility index (Phi) is 4.42. The van der Waals surface area contributed by atoms with E-state index in [1.54, 1.807) is 31.2 Å². The molecule has 1 aliphatic heterocycles. The third-order valence-corrected chi connectivity index (χ3v) is 5.72. The van der Waals surface area contributed by atoms with Crippen LogP contribution in [0.5, 0.6) is 0 Å². The fraction of sp³-hybridized carbons (Fsp3) is 0.158. The predicted octanol–water partition coefficient (Wildman–Crippen LogP) is 2.96. The van der Waals surface area contributed by atoms with Crippen molar-refractivity contribution in [3.05, 3.63) is 64.8 Å². The molecular weight excluding hydrogens is 399 g/mol. The van der Waals surface area contributed by atoms with Crippen LogP contribution in [-0.2, 0) is 10.3 Å². The molecule has 0 bridgehead atoms. The van der Waals surface area contributed by atoms with Gasteiger partial charge in [-0.05, 0) is 50.2 Å². The second kappa shape index (κ2) is 6.82. The van der Waals surface area contributed by atoms with Crippen LogP contribution < -0.4 is 10.7 Å². The smallest absolute Gasteiger partial charge is 0.344 e. The van der Waals surface area contributed by atoms with Gasteiger partial charge in [-0.2, -0.15) is 5.01 Å². The molecule has 3 aromatic rings. The van der Waals surface area contributed by atoms with Crippen LogP contribution in [0.15, 0.2) is 47.1 Å².